The lowest BCUT2D eigenvalue weighted by molar-refractivity contribution is -0.147. The van der Waals surface area contributed by atoms with Crippen LogP contribution in [0.1, 0.15) is 12.5 Å². The van der Waals surface area contributed by atoms with Gasteiger partial charge in [-0.25, -0.2) is 0 Å². The Balaban J connectivity index is 2.33. The first-order chi connectivity index (χ1) is 8.17. The summed E-state index contributed by atoms with van der Waals surface area (Å²) in [7, 11) is 3.01. The van der Waals surface area contributed by atoms with Gasteiger partial charge in [0, 0.05) is 0 Å². The van der Waals surface area contributed by atoms with E-state index in [0.29, 0.717) is 13.2 Å². The Hall–Kier alpha value is -1.55. The first-order valence-corrected chi connectivity index (χ1v) is 5.46. The lowest BCUT2D eigenvalue weighted by Gasteiger charge is -2.10. The highest BCUT2D eigenvalue weighted by atomic mass is 16.5. The molecule has 17 heavy (non-hydrogen) atoms. The average Bonchev–Trinajstić information content (AvgIpc) is 2.38. The zero-order valence-electron chi connectivity index (χ0n) is 10.4. The van der Waals surface area contributed by atoms with Crippen molar-refractivity contribution in [2.24, 2.45) is 5.92 Å². The molecule has 0 spiro atoms. The summed E-state index contributed by atoms with van der Waals surface area (Å²) in [5.74, 6) is 0.328. The molecular weight excluding hydrogens is 220 g/mol. The Kier molecular flexibility index (Phi) is 5.49. The normalized spacial score (nSPS) is 11.9. The second-order valence-electron chi connectivity index (χ2n) is 3.79. The third-order valence-corrected chi connectivity index (χ3v) is 2.40. The van der Waals surface area contributed by atoms with Crippen LogP contribution in [0.5, 0.6) is 5.75 Å². The van der Waals surface area contributed by atoms with Crippen LogP contribution in [0.15, 0.2) is 24.3 Å². The SMILES string of the molecule is COC(=O)[C@@H](C)COCc1ccc(OC)cc1. The van der Waals surface area contributed by atoms with Crippen molar-refractivity contribution in [3.05, 3.63) is 29.8 Å². The van der Waals surface area contributed by atoms with Gasteiger partial charge in [0.05, 0.1) is 33.4 Å². The minimum Gasteiger partial charge on any atom is -0.497 e. The maximum atomic E-state index is 11.1. The summed E-state index contributed by atoms with van der Waals surface area (Å²) in [6, 6.07) is 7.62. The molecule has 0 fully saturated rings. The maximum absolute atomic E-state index is 11.1. The zero-order chi connectivity index (χ0) is 12.7. The predicted molar refractivity (Wildman–Crippen MR) is 63.8 cm³/mol. The Labute approximate surface area is 101 Å². The monoisotopic (exact) mass is 238 g/mol. The summed E-state index contributed by atoms with van der Waals surface area (Å²) in [6.45, 7) is 2.61. The van der Waals surface area contributed by atoms with E-state index in [1.807, 2.05) is 24.3 Å². The van der Waals surface area contributed by atoms with Crippen molar-refractivity contribution in [1.29, 1.82) is 0 Å². The van der Waals surface area contributed by atoms with Crippen molar-refractivity contribution in [2.75, 3.05) is 20.8 Å². The largest absolute Gasteiger partial charge is 0.497 e. The van der Waals surface area contributed by atoms with Crippen LogP contribution < -0.4 is 4.74 Å². The van der Waals surface area contributed by atoms with Crippen molar-refractivity contribution in [2.45, 2.75) is 13.5 Å². The molecule has 0 saturated heterocycles. The summed E-state index contributed by atoms with van der Waals surface area (Å²) in [4.78, 5) is 11.1. The van der Waals surface area contributed by atoms with Crippen LogP contribution in [-0.2, 0) is 20.9 Å². The molecule has 0 aliphatic heterocycles. The van der Waals surface area contributed by atoms with E-state index in [1.54, 1.807) is 14.0 Å². The van der Waals surface area contributed by atoms with E-state index < -0.39 is 0 Å². The fourth-order valence-electron chi connectivity index (χ4n) is 1.34. The fourth-order valence-corrected chi connectivity index (χ4v) is 1.34. The van der Waals surface area contributed by atoms with Gasteiger partial charge in [-0.3, -0.25) is 4.79 Å². The Bertz CT molecular complexity index is 345. The first-order valence-electron chi connectivity index (χ1n) is 5.46. The molecule has 0 aliphatic rings. The fraction of sp³-hybridized carbons (Fsp3) is 0.462. The number of hydrogen-bond donors (Lipinski definition) is 0. The Morgan fingerprint density at radius 3 is 2.41 bits per heavy atom. The molecule has 0 aliphatic carbocycles. The van der Waals surface area contributed by atoms with Gasteiger partial charge in [-0.05, 0) is 24.6 Å². The topological polar surface area (TPSA) is 44.8 Å². The first kappa shape index (κ1) is 13.5. The van der Waals surface area contributed by atoms with Crippen LogP contribution in [0.25, 0.3) is 0 Å². The van der Waals surface area contributed by atoms with Gasteiger partial charge in [-0.15, -0.1) is 0 Å². The van der Waals surface area contributed by atoms with Gasteiger partial charge in [0.1, 0.15) is 5.75 Å². The van der Waals surface area contributed by atoms with Crippen molar-refractivity contribution in [1.82, 2.24) is 0 Å². The minimum absolute atomic E-state index is 0.238. The van der Waals surface area contributed by atoms with E-state index in [2.05, 4.69) is 4.74 Å². The van der Waals surface area contributed by atoms with Gasteiger partial charge in [-0.2, -0.15) is 0 Å². The van der Waals surface area contributed by atoms with Crippen molar-refractivity contribution in [3.8, 4) is 5.75 Å². The van der Waals surface area contributed by atoms with Crippen LogP contribution in [0.2, 0.25) is 0 Å². The lowest BCUT2D eigenvalue weighted by atomic mass is 10.2. The molecule has 0 heterocycles. The molecule has 0 aromatic heterocycles. The Morgan fingerprint density at radius 2 is 1.88 bits per heavy atom. The number of benzene rings is 1. The number of methoxy groups -OCH3 is 2. The molecule has 0 N–H and O–H groups in total. The average molecular weight is 238 g/mol. The van der Waals surface area contributed by atoms with Gasteiger partial charge < -0.3 is 14.2 Å². The van der Waals surface area contributed by atoms with E-state index in [-0.39, 0.29) is 11.9 Å². The summed E-state index contributed by atoms with van der Waals surface area (Å²) in [5.41, 5.74) is 1.04. The van der Waals surface area contributed by atoms with Gasteiger partial charge >= 0.3 is 5.97 Å². The van der Waals surface area contributed by atoms with Crippen molar-refractivity contribution >= 4 is 5.97 Å². The van der Waals surface area contributed by atoms with Gasteiger partial charge in [0.25, 0.3) is 0 Å². The van der Waals surface area contributed by atoms with Crippen LogP contribution in [0.4, 0.5) is 0 Å². The summed E-state index contributed by atoms with van der Waals surface area (Å²) >= 11 is 0. The maximum Gasteiger partial charge on any atom is 0.310 e. The number of esters is 1. The molecule has 4 nitrogen and oxygen atoms in total. The van der Waals surface area contributed by atoms with Crippen LogP contribution >= 0.6 is 0 Å². The third-order valence-electron chi connectivity index (χ3n) is 2.40. The van der Waals surface area contributed by atoms with E-state index in [1.165, 1.54) is 7.11 Å². The molecule has 1 atom stereocenters. The summed E-state index contributed by atoms with van der Waals surface area (Å²) < 4.78 is 15.1. The summed E-state index contributed by atoms with van der Waals surface area (Å²) in [5, 5.41) is 0. The second kappa shape index (κ2) is 6.91. The summed E-state index contributed by atoms with van der Waals surface area (Å²) in [6.07, 6.45) is 0. The molecule has 0 bridgehead atoms. The van der Waals surface area contributed by atoms with Gasteiger partial charge in [-0.1, -0.05) is 12.1 Å². The number of ether oxygens (including phenoxy) is 3. The van der Waals surface area contributed by atoms with Crippen molar-refractivity contribution < 1.29 is 19.0 Å². The molecule has 0 unspecified atom stereocenters. The molecule has 0 radical (unpaired) electrons. The predicted octanol–water partition coefficient (Wildman–Crippen LogP) is 2.02. The lowest BCUT2D eigenvalue weighted by Crippen LogP contribution is -2.18. The zero-order valence-corrected chi connectivity index (χ0v) is 10.4. The molecule has 1 aromatic rings. The quantitative estimate of drug-likeness (QED) is 0.711. The number of carbonyl (C=O) groups is 1. The molecule has 4 heteroatoms. The molecule has 94 valence electrons. The van der Waals surface area contributed by atoms with Gasteiger partial charge in [0.2, 0.25) is 0 Å². The molecule has 0 amide bonds. The third kappa shape index (κ3) is 4.44. The van der Waals surface area contributed by atoms with E-state index in [4.69, 9.17) is 9.47 Å². The highest BCUT2D eigenvalue weighted by Gasteiger charge is 2.12. The van der Waals surface area contributed by atoms with Crippen LogP contribution in [0, 0.1) is 5.92 Å². The minimum atomic E-state index is -0.250. The molecule has 1 aromatic carbocycles. The van der Waals surface area contributed by atoms with Gasteiger partial charge in [0.15, 0.2) is 0 Å². The second-order valence-corrected chi connectivity index (χ2v) is 3.79. The van der Waals surface area contributed by atoms with E-state index in [0.717, 1.165) is 11.3 Å². The van der Waals surface area contributed by atoms with Crippen LogP contribution in [0.3, 0.4) is 0 Å². The number of hydrogen-bond acceptors (Lipinski definition) is 4. The van der Waals surface area contributed by atoms with Crippen molar-refractivity contribution in [3.63, 3.8) is 0 Å². The molecular formula is C13H18O4. The highest BCUT2D eigenvalue weighted by molar-refractivity contribution is 5.71. The standard InChI is InChI=1S/C13H18O4/c1-10(13(14)16-3)8-17-9-11-4-6-12(15-2)7-5-11/h4-7,10H,8-9H2,1-3H3/t10-/m0/s1. The Morgan fingerprint density at radius 1 is 1.24 bits per heavy atom. The van der Waals surface area contributed by atoms with E-state index in [9.17, 15) is 4.79 Å². The van der Waals surface area contributed by atoms with Crippen LogP contribution in [-0.4, -0.2) is 26.8 Å². The molecule has 1 rings (SSSR count). The number of rotatable bonds is 6. The highest BCUT2D eigenvalue weighted by Crippen LogP contribution is 2.12. The molecule has 0 saturated carbocycles. The number of carbonyl (C=O) groups excluding carboxylic acids is 1. The smallest absolute Gasteiger partial charge is 0.310 e. The van der Waals surface area contributed by atoms with E-state index >= 15 is 0 Å².